The van der Waals surface area contributed by atoms with Crippen LogP contribution in [0.15, 0.2) is 66.7 Å². The van der Waals surface area contributed by atoms with Crippen molar-refractivity contribution in [3.05, 3.63) is 83.4 Å². The van der Waals surface area contributed by atoms with Crippen molar-refractivity contribution in [1.82, 2.24) is 0 Å². The summed E-state index contributed by atoms with van der Waals surface area (Å²) in [5, 5.41) is 2.75. The average molecular weight is 405 g/mol. The number of benzene rings is 3. The minimum atomic E-state index is -0.0268. The Hall–Kier alpha value is -1.65. The van der Waals surface area contributed by atoms with Crippen LogP contribution >= 0.6 is 9.90 Å². The van der Waals surface area contributed by atoms with Crippen molar-refractivity contribution >= 4 is 20.7 Å². The zero-order valence-electron chi connectivity index (χ0n) is 19.0. The Kier molecular flexibility index (Phi) is 5.74. The zero-order chi connectivity index (χ0) is 20.2. The highest BCUT2D eigenvalue weighted by Crippen LogP contribution is 2.61. The first-order valence-electron chi connectivity index (χ1n) is 10.7. The molecule has 0 aromatic heterocycles. The molecule has 0 nitrogen and oxygen atoms in total. The van der Waals surface area contributed by atoms with Crippen LogP contribution in [0, 0.1) is 16.7 Å². The highest BCUT2D eigenvalue weighted by molar-refractivity contribution is 6.92. The summed E-state index contributed by atoms with van der Waals surface area (Å²) >= 11 is 0. The summed E-state index contributed by atoms with van der Waals surface area (Å²) in [6, 6.07) is 25.1. The minimum absolute atomic E-state index is 0. The molecule has 3 aromatic rings. The Balaban J connectivity index is 0.00000240. The van der Waals surface area contributed by atoms with Gasteiger partial charge in [0.2, 0.25) is 0 Å². The molecule has 0 N–H and O–H groups in total. The van der Waals surface area contributed by atoms with Crippen LogP contribution in [0.5, 0.6) is 0 Å². The second-order valence-electron chi connectivity index (χ2n) is 10.7. The molecule has 0 saturated carbocycles. The van der Waals surface area contributed by atoms with Crippen molar-refractivity contribution in [2.75, 3.05) is 0 Å². The van der Waals surface area contributed by atoms with Crippen molar-refractivity contribution < 1.29 is 0 Å². The fourth-order valence-corrected chi connectivity index (χ4v) is 6.14. The van der Waals surface area contributed by atoms with Crippen LogP contribution in [0.2, 0.25) is 0 Å². The molecular weight excluding hydrogens is 367 g/mol. The highest BCUT2D eigenvalue weighted by Gasteiger charge is 2.56. The number of fused-ring (bicyclic) bond motifs is 2. The van der Waals surface area contributed by atoms with E-state index in [-0.39, 0.29) is 26.1 Å². The highest BCUT2D eigenvalue weighted by atomic mass is 31.0. The van der Waals surface area contributed by atoms with E-state index in [1.54, 1.807) is 5.56 Å². The first-order valence-corrected chi connectivity index (χ1v) is 10.7. The minimum Gasteiger partial charge on any atom is -0.153 e. The second kappa shape index (κ2) is 7.55. The number of rotatable bonds is 1. The molecule has 1 aliphatic carbocycles. The van der Waals surface area contributed by atoms with Gasteiger partial charge in [0.25, 0.3) is 0 Å². The van der Waals surface area contributed by atoms with Crippen molar-refractivity contribution in [3.8, 4) is 0 Å². The van der Waals surface area contributed by atoms with Gasteiger partial charge in [-0.2, -0.15) is 9.90 Å². The largest absolute Gasteiger partial charge is 0.153 e. The summed E-state index contributed by atoms with van der Waals surface area (Å²) < 4.78 is 0. The van der Waals surface area contributed by atoms with Crippen molar-refractivity contribution in [2.45, 2.75) is 59.8 Å². The number of hydrogen-bond acceptors (Lipinski definition) is 0. The van der Waals surface area contributed by atoms with Gasteiger partial charge in [0.15, 0.2) is 0 Å². The summed E-state index contributed by atoms with van der Waals surface area (Å²) in [5.41, 5.74) is 4.87. The standard InChI is InChI=1S/C28H34.H3P/c1-26(2,3)25-19-18-21-13-8-10-16-23(21)28(25,27(4,5)6)24-17-11-14-20-12-7-9-15-22(20)24;/h7-17,25H,18-19H2,1-6H3;1H3. The van der Waals surface area contributed by atoms with E-state index in [1.807, 2.05) is 0 Å². The lowest BCUT2D eigenvalue weighted by Gasteiger charge is -2.58. The average Bonchev–Trinajstić information content (AvgIpc) is 2.65. The topological polar surface area (TPSA) is 0 Å². The van der Waals surface area contributed by atoms with Gasteiger partial charge in [0.05, 0.1) is 0 Å². The molecule has 0 spiro atoms. The van der Waals surface area contributed by atoms with Crippen molar-refractivity contribution in [2.24, 2.45) is 16.7 Å². The third-order valence-electron chi connectivity index (χ3n) is 7.11. The fraction of sp³-hybridized carbons (Fsp3) is 0.429. The summed E-state index contributed by atoms with van der Waals surface area (Å²) in [5.74, 6) is 0.570. The molecule has 0 amide bonds. The maximum absolute atomic E-state index is 2.45. The van der Waals surface area contributed by atoms with E-state index >= 15 is 0 Å². The quantitative estimate of drug-likeness (QED) is 0.362. The van der Waals surface area contributed by atoms with Gasteiger partial charge in [-0.15, -0.1) is 0 Å². The predicted octanol–water partition coefficient (Wildman–Crippen LogP) is 7.84. The summed E-state index contributed by atoms with van der Waals surface area (Å²) in [7, 11) is 0. The summed E-state index contributed by atoms with van der Waals surface area (Å²) in [6.07, 6.45) is 2.42. The van der Waals surface area contributed by atoms with Gasteiger partial charge in [-0.1, -0.05) is 108 Å². The lowest BCUT2D eigenvalue weighted by atomic mass is 9.45. The zero-order valence-corrected chi connectivity index (χ0v) is 20.5. The Morgan fingerprint density at radius 1 is 0.724 bits per heavy atom. The van der Waals surface area contributed by atoms with Gasteiger partial charge in [0.1, 0.15) is 0 Å². The Bertz CT molecular complexity index is 997. The summed E-state index contributed by atoms with van der Waals surface area (Å²) in [6.45, 7) is 14.7. The van der Waals surface area contributed by atoms with E-state index in [9.17, 15) is 0 Å². The van der Waals surface area contributed by atoms with Crippen LogP contribution < -0.4 is 0 Å². The molecule has 0 heterocycles. The third kappa shape index (κ3) is 3.34. The molecular formula is C28H37P. The molecule has 3 unspecified atom stereocenters. The van der Waals surface area contributed by atoms with E-state index in [4.69, 9.17) is 0 Å². The molecule has 154 valence electrons. The fourth-order valence-electron chi connectivity index (χ4n) is 6.14. The van der Waals surface area contributed by atoms with E-state index in [0.29, 0.717) is 5.92 Å². The molecule has 0 aliphatic heterocycles. The smallest absolute Gasteiger partial charge is 0.0293 e. The molecule has 3 atom stereocenters. The lowest BCUT2D eigenvalue weighted by Crippen LogP contribution is -2.54. The van der Waals surface area contributed by atoms with Crippen molar-refractivity contribution in [3.63, 3.8) is 0 Å². The molecule has 0 radical (unpaired) electrons. The van der Waals surface area contributed by atoms with Crippen LogP contribution in [0.3, 0.4) is 0 Å². The van der Waals surface area contributed by atoms with Crippen LogP contribution in [-0.2, 0) is 11.8 Å². The van der Waals surface area contributed by atoms with Gasteiger partial charge < -0.3 is 0 Å². The molecule has 1 heteroatoms. The molecule has 29 heavy (non-hydrogen) atoms. The van der Waals surface area contributed by atoms with Crippen LogP contribution in [0.1, 0.15) is 64.7 Å². The summed E-state index contributed by atoms with van der Waals surface area (Å²) in [4.78, 5) is 0. The SMILES string of the molecule is CC(C)(C)C1CCc2ccccc2C1(c1cccc2ccccc12)C(C)(C)C.P. The molecule has 1 aliphatic rings. The van der Waals surface area contributed by atoms with Gasteiger partial charge in [-0.3, -0.25) is 0 Å². The third-order valence-corrected chi connectivity index (χ3v) is 7.11. The van der Waals surface area contributed by atoms with E-state index in [0.717, 1.165) is 0 Å². The molecule has 4 rings (SSSR count). The lowest BCUT2D eigenvalue weighted by molar-refractivity contribution is 0.0475. The first kappa shape index (κ1) is 22.0. The van der Waals surface area contributed by atoms with Gasteiger partial charge >= 0.3 is 0 Å². The number of hydrogen-bond donors (Lipinski definition) is 0. The van der Waals surface area contributed by atoms with E-state index < -0.39 is 0 Å². The first-order chi connectivity index (χ1) is 13.2. The molecule has 0 fully saturated rings. The van der Waals surface area contributed by atoms with Gasteiger partial charge in [-0.25, -0.2) is 0 Å². The number of aryl methyl sites for hydroxylation is 1. The van der Waals surface area contributed by atoms with E-state index in [1.165, 1.54) is 34.7 Å². The second-order valence-corrected chi connectivity index (χ2v) is 10.7. The Morgan fingerprint density at radius 2 is 1.31 bits per heavy atom. The van der Waals surface area contributed by atoms with Crippen LogP contribution in [0.4, 0.5) is 0 Å². The van der Waals surface area contributed by atoms with Gasteiger partial charge in [-0.05, 0) is 57.1 Å². The monoisotopic (exact) mass is 404 g/mol. The Morgan fingerprint density at radius 3 is 2.00 bits per heavy atom. The van der Waals surface area contributed by atoms with Crippen molar-refractivity contribution in [1.29, 1.82) is 0 Å². The van der Waals surface area contributed by atoms with Crippen LogP contribution in [0.25, 0.3) is 10.8 Å². The Labute approximate surface area is 180 Å². The predicted molar refractivity (Wildman–Crippen MR) is 133 cm³/mol. The maximum atomic E-state index is 2.45. The molecule has 0 bridgehead atoms. The van der Waals surface area contributed by atoms with E-state index in [2.05, 4.69) is 108 Å². The normalized spacial score (nSPS) is 22.1. The van der Waals surface area contributed by atoms with Crippen LogP contribution in [-0.4, -0.2) is 0 Å². The molecule has 3 aromatic carbocycles. The maximum Gasteiger partial charge on any atom is 0.0293 e. The molecule has 0 saturated heterocycles. The van der Waals surface area contributed by atoms with Gasteiger partial charge in [0, 0.05) is 5.41 Å².